The molecular weight excluding hydrogens is 349 g/mol. The highest BCUT2D eigenvalue weighted by Gasteiger charge is 2.33. The number of anilines is 1. The van der Waals surface area contributed by atoms with Crippen LogP contribution in [0.3, 0.4) is 0 Å². The van der Waals surface area contributed by atoms with Crippen LogP contribution in [0, 0.1) is 6.92 Å². The third-order valence-corrected chi connectivity index (χ3v) is 3.67. The van der Waals surface area contributed by atoms with Crippen LogP contribution in [0.15, 0.2) is 47.4 Å². The van der Waals surface area contributed by atoms with E-state index >= 15 is 0 Å². The first kappa shape index (κ1) is 17.6. The van der Waals surface area contributed by atoms with E-state index in [0.717, 1.165) is 16.7 Å². The molecule has 0 aliphatic rings. The summed E-state index contributed by atoms with van der Waals surface area (Å²) < 4.78 is 40.2. The molecule has 0 radical (unpaired) electrons. The normalized spacial score (nSPS) is 11.5. The van der Waals surface area contributed by atoms with Crippen molar-refractivity contribution in [2.24, 2.45) is 0 Å². The maximum absolute atomic E-state index is 13.0. The van der Waals surface area contributed by atoms with Gasteiger partial charge >= 0.3 is 6.18 Å². The summed E-state index contributed by atoms with van der Waals surface area (Å²) in [7, 11) is 0. The summed E-state index contributed by atoms with van der Waals surface area (Å²) in [5.74, 6) is -0.777. The van der Waals surface area contributed by atoms with Crippen molar-refractivity contribution >= 4 is 22.8 Å². The Morgan fingerprint density at radius 2 is 1.92 bits per heavy atom. The number of aryl methyl sites for hydroxylation is 1. The topological polar surface area (TPSA) is 76.9 Å². The second kappa shape index (κ2) is 6.58. The Balaban J connectivity index is 1.95. The van der Waals surface area contributed by atoms with Crippen LogP contribution in [-0.4, -0.2) is 20.4 Å². The molecule has 0 atom stereocenters. The maximum atomic E-state index is 13.0. The zero-order valence-electron chi connectivity index (χ0n) is 13.5. The SMILES string of the molecule is Cc1nc2cccnc2n(CC(=O)Nc2ccccc2C(F)(F)F)c1=O. The highest BCUT2D eigenvalue weighted by molar-refractivity contribution is 5.92. The summed E-state index contributed by atoms with van der Waals surface area (Å²) in [5.41, 5.74) is -1.12. The smallest absolute Gasteiger partial charge is 0.324 e. The standard InChI is InChI=1S/C17H13F3N4O2/c1-10-16(26)24(15-13(22-10)7-4-8-21-15)9-14(25)23-12-6-3-2-5-11(12)17(18,19)20/h2-8H,9H2,1H3,(H,23,25). The number of pyridine rings is 1. The van der Waals surface area contributed by atoms with Crippen molar-refractivity contribution in [3.8, 4) is 0 Å². The Morgan fingerprint density at radius 1 is 1.19 bits per heavy atom. The van der Waals surface area contributed by atoms with E-state index in [-0.39, 0.29) is 17.0 Å². The Kier molecular flexibility index (Phi) is 4.45. The van der Waals surface area contributed by atoms with Crippen molar-refractivity contribution in [1.82, 2.24) is 14.5 Å². The maximum Gasteiger partial charge on any atom is 0.418 e. The fourth-order valence-corrected chi connectivity index (χ4v) is 2.52. The molecule has 1 amide bonds. The molecule has 2 heterocycles. The lowest BCUT2D eigenvalue weighted by Gasteiger charge is -2.14. The van der Waals surface area contributed by atoms with E-state index in [0.29, 0.717) is 5.52 Å². The second-order valence-electron chi connectivity index (χ2n) is 5.53. The lowest BCUT2D eigenvalue weighted by Crippen LogP contribution is -2.30. The first-order valence-electron chi connectivity index (χ1n) is 7.55. The number of rotatable bonds is 3. The van der Waals surface area contributed by atoms with Gasteiger partial charge in [0.15, 0.2) is 5.65 Å². The van der Waals surface area contributed by atoms with Crippen molar-refractivity contribution in [2.75, 3.05) is 5.32 Å². The van der Waals surface area contributed by atoms with Crippen LogP contribution in [0.25, 0.3) is 11.2 Å². The van der Waals surface area contributed by atoms with Gasteiger partial charge in [-0.1, -0.05) is 12.1 Å². The van der Waals surface area contributed by atoms with Gasteiger partial charge in [0.1, 0.15) is 17.8 Å². The van der Waals surface area contributed by atoms with Gasteiger partial charge in [-0.25, -0.2) is 9.97 Å². The van der Waals surface area contributed by atoms with Gasteiger partial charge < -0.3 is 5.32 Å². The number of benzene rings is 1. The number of aromatic nitrogens is 3. The van der Waals surface area contributed by atoms with Crippen molar-refractivity contribution < 1.29 is 18.0 Å². The third-order valence-electron chi connectivity index (χ3n) is 3.67. The van der Waals surface area contributed by atoms with E-state index < -0.39 is 29.8 Å². The fourth-order valence-electron chi connectivity index (χ4n) is 2.52. The van der Waals surface area contributed by atoms with Crippen LogP contribution in [0.4, 0.5) is 18.9 Å². The van der Waals surface area contributed by atoms with Crippen molar-refractivity contribution in [1.29, 1.82) is 0 Å². The van der Waals surface area contributed by atoms with Crippen LogP contribution in [0.2, 0.25) is 0 Å². The third kappa shape index (κ3) is 3.41. The van der Waals surface area contributed by atoms with Crippen molar-refractivity contribution in [3.63, 3.8) is 0 Å². The molecule has 26 heavy (non-hydrogen) atoms. The van der Waals surface area contributed by atoms with Gasteiger partial charge in [-0.2, -0.15) is 13.2 Å². The number of nitrogens with zero attached hydrogens (tertiary/aromatic N) is 3. The van der Waals surface area contributed by atoms with Gasteiger partial charge in [0.25, 0.3) is 5.56 Å². The highest BCUT2D eigenvalue weighted by Crippen LogP contribution is 2.34. The van der Waals surface area contributed by atoms with E-state index in [4.69, 9.17) is 0 Å². The molecule has 0 saturated carbocycles. The quantitative estimate of drug-likeness (QED) is 0.777. The summed E-state index contributed by atoms with van der Waals surface area (Å²) in [6.07, 6.45) is -3.17. The molecule has 3 rings (SSSR count). The number of nitrogens with one attached hydrogen (secondary N) is 1. The molecular formula is C17H13F3N4O2. The monoisotopic (exact) mass is 362 g/mol. The van der Waals surface area contributed by atoms with E-state index in [9.17, 15) is 22.8 Å². The number of alkyl halides is 3. The zero-order valence-corrected chi connectivity index (χ0v) is 13.5. The van der Waals surface area contributed by atoms with Gasteiger partial charge in [-0.15, -0.1) is 0 Å². The molecule has 1 aromatic carbocycles. The van der Waals surface area contributed by atoms with Gasteiger partial charge in [-0.3, -0.25) is 14.2 Å². The number of fused-ring (bicyclic) bond motifs is 1. The molecule has 0 unspecified atom stereocenters. The van der Waals surface area contributed by atoms with Gasteiger partial charge in [-0.05, 0) is 31.2 Å². The largest absolute Gasteiger partial charge is 0.418 e. The predicted octanol–water partition coefficient (Wildman–Crippen LogP) is 2.76. The Hall–Kier alpha value is -3.23. The molecule has 2 aromatic heterocycles. The molecule has 0 aliphatic heterocycles. The van der Waals surface area contributed by atoms with Crippen molar-refractivity contribution in [2.45, 2.75) is 19.6 Å². The minimum Gasteiger partial charge on any atom is -0.324 e. The van der Waals surface area contributed by atoms with Crippen LogP contribution in [0.5, 0.6) is 0 Å². The predicted molar refractivity (Wildman–Crippen MR) is 88.6 cm³/mol. The van der Waals surface area contributed by atoms with E-state index in [1.807, 2.05) is 0 Å². The van der Waals surface area contributed by atoms with Crippen LogP contribution in [-0.2, 0) is 17.5 Å². The second-order valence-corrected chi connectivity index (χ2v) is 5.53. The van der Waals surface area contributed by atoms with Crippen LogP contribution >= 0.6 is 0 Å². The number of halogens is 3. The fraction of sp³-hybridized carbons (Fsp3) is 0.176. The number of hydrogen-bond acceptors (Lipinski definition) is 4. The van der Waals surface area contributed by atoms with E-state index in [1.165, 1.54) is 25.3 Å². The molecule has 1 N–H and O–H groups in total. The highest BCUT2D eigenvalue weighted by atomic mass is 19.4. The molecule has 6 nitrogen and oxygen atoms in total. The molecule has 9 heteroatoms. The minimum atomic E-state index is -4.61. The number of carbonyl (C=O) groups excluding carboxylic acids is 1. The number of amides is 1. The van der Waals surface area contributed by atoms with E-state index in [1.54, 1.807) is 12.1 Å². The summed E-state index contributed by atoms with van der Waals surface area (Å²) in [4.78, 5) is 32.7. The molecule has 0 aliphatic carbocycles. The molecule has 3 aromatic rings. The summed E-state index contributed by atoms with van der Waals surface area (Å²) in [5, 5.41) is 2.21. The molecule has 0 bridgehead atoms. The van der Waals surface area contributed by atoms with Crippen LogP contribution < -0.4 is 10.9 Å². The molecule has 0 spiro atoms. The van der Waals surface area contributed by atoms with Gasteiger partial charge in [0.05, 0.1) is 11.3 Å². The Labute approximate surface area is 145 Å². The van der Waals surface area contributed by atoms with Crippen molar-refractivity contribution in [3.05, 3.63) is 64.2 Å². The van der Waals surface area contributed by atoms with Crippen LogP contribution in [0.1, 0.15) is 11.3 Å². The first-order chi connectivity index (χ1) is 12.3. The lowest BCUT2D eigenvalue weighted by molar-refractivity contribution is -0.137. The summed E-state index contributed by atoms with van der Waals surface area (Å²) >= 11 is 0. The van der Waals surface area contributed by atoms with Gasteiger partial charge in [0, 0.05) is 6.20 Å². The first-order valence-corrected chi connectivity index (χ1v) is 7.55. The zero-order chi connectivity index (χ0) is 18.9. The lowest BCUT2D eigenvalue weighted by atomic mass is 10.1. The average Bonchev–Trinajstić information content (AvgIpc) is 2.58. The molecule has 134 valence electrons. The van der Waals surface area contributed by atoms with E-state index in [2.05, 4.69) is 15.3 Å². The summed E-state index contributed by atoms with van der Waals surface area (Å²) in [6, 6.07) is 7.88. The average molecular weight is 362 g/mol. The molecule has 0 saturated heterocycles. The molecule has 0 fully saturated rings. The Bertz CT molecular complexity index is 1040. The number of para-hydroxylation sites is 1. The van der Waals surface area contributed by atoms with Gasteiger partial charge in [0.2, 0.25) is 5.91 Å². The Morgan fingerprint density at radius 3 is 2.65 bits per heavy atom. The number of carbonyl (C=O) groups is 1. The number of hydrogen-bond donors (Lipinski definition) is 1. The summed E-state index contributed by atoms with van der Waals surface area (Å²) in [6.45, 7) is 1.00. The minimum absolute atomic E-state index is 0.161.